The number of carboxylic acids is 2. The van der Waals surface area contributed by atoms with Gasteiger partial charge in [-0.3, -0.25) is 9.59 Å². The highest BCUT2D eigenvalue weighted by molar-refractivity contribution is 5.67. The molecule has 0 aliphatic carbocycles. The summed E-state index contributed by atoms with van der Waals surface area (Å²) in [4.78, 5) is 20.9. The molecule has 0 saturated carbocycles. The van der Waals surface area contributed by atoms with Crippen LogP contribution in [0, 0.1) is 24.7 Å². The fourth-order valence-corrected chi connectivity index (χ4v) is 5.09. The maximum atomic E-state index is 10.5. The fraction of sp³-hybridized carbons (Fsp3) is 0.500. The molecule has 242 valence electrons. The molecule has 0 aliphatic heterocycles. The standard InChI is InChI=1S/C16H24O2.C13H18O2.C11H16/c1-13(2)12-15-10-7-6-9-14(15)8-4-3-5-11-16(17)18;1-10(2)9-12-6-4-3-5-11(12)7-8-13(14)15;1-9(2)8-11-6-4-10(3)5-7-11/h6-7,9-10,13H,3-5,8,11-12H2,1-2H3,(H,17,18);3-6,10H,7-9H2,1-2H3,(H,14,15);4-7,9H,8H2,1-3H3. The molecule has 0 unspecified atom stereocenters. The second-order valence-corrected chi connectivity index (χ2v) is 13.2. The van der Waals surface area contributed by atoms with Crippen LogP contribution in [0.25, 0.3) is 0 Å². The Bertz CT molecular complexity index is 1210. The maximum absolute atomic E-state index is 10.5. The average molecular weight is 603 g/mol. The zero-order valence-corrected chi connectivity index (χ0v) is 28.4. The van der Waals surface area contributed by atoms with E-state index in [4.69, 9.17) is 10.2 Å². The van der Waals surface area contributed by atoms with Crippen molar-refractivity contribution in [1.29, 1.82) is 0 Å². The summed E-state index contributed by atoms with van der Waals surface area (Å²) in [6.45, 7) is 15.5. The van der Waals surface area contributed by atoms with E-state index in [1.807, 2.05) is 18.2 Å². The first-order valence-corrected chi connectivity index (χ1v) is 16.5. The number of carbonyl (C=O) groups is 2. The lowest BCUT2D eigenvalue weighted by Gasteiger charge is -2.11. The Labute approximate surface area is 267 Å². The molecule has 0 fully saturated rings. The van der Waals surface area contributed by atoms with Crippen LogP contribution in [0.3, 0.4) is 0 Å². The van der Waals surface area contributed by atoms with E-state index in [2.05, 4.69) is 103 Å². The van der Waals surface area contributed by atoms with Gasteiger partial charge in [0.05, 0.1) is 0 Å². The van der Waals surface area contributed by atoms with Gasteiger partial charge in [-0.05, 0) is 97.4 Å². The van der Waals surface area contributed by atoms with Gasteiger partial charge in [0.15, 0.2) is 0 Å². The summed E-state index contributed by atoms with van der Waals surface area (Å²) in [5.41, 5.74) is 8.14. The van der Waals surface area contributed by atoms with Crippen LogP contribution in [0.5, 0.6) is 0 Å². The van der Waals surface area contributed by atoms with Crippen LogP contribution < -0.4 is 0 Å². The Hall–Kier alpha value is -3.40. The van der Waals surface area contributed by atoms with Gasteiger partial charge < -0.3 is 10.2 Å². The summed E-state index contributed by atoms with van der Waals surface area (Å²) in [6, 6.07) is 25.5. The van der Waals surface area contributed by atoms with Crippen LogP contribution >= 0.6 is 0 Å². The van der Waals surface area contributed by atoms with Crippen LogP contribution in [0.1, 0.15) is 107 Å². The zero-order chi connectivity index (χ0) is 32.9. The molecule has 0 radical (unpaired) electrons. The molecule has 0 atom stereocenters. The molecule has 4 heteroatoms. The monoisotopic (exact) mass is 602 g/mol. The smallest absolute Gasteiger partial charge is 0.303 e. The number of unbranched alkanes of at least 4 members (excludes halogenated alkanes) is 2. The Morgan fingerprint density at radius 3 is 1.39 bits per heavy atom. The van der Waals surface area contributed by atoms with Gasteiger partial charge in [0.2, 0.25) is 0 Å². The molecule has 3 aromatic rings. The molecule has 2 N–H and O–H groups in total. The second kappa shape index (κ2) is 22.2. The number of rotatable bonds is 15. The molecule has 0 bridgehead atoms. The summed E-state index contributed by atoms with van der Waals surface area (Å²) < 4.78 is 0. The third-order valence-electron chi connectivity index (χ3n) is 7.20. The van der Waals surface area contributed by atoms with E-state index < -0.39 is 11.9 Å². The van der Waals surface area contributed by atoms with Crippen LogP contribution in [-0.4, -0.2) is 22.2 Å². The fourth-order valence-electron chi connectivity index (χ4n) is 5.09. The Morgan fingerprint density at radius 1 is 0.523 bits per heavy atom. The third kappa shape index (κ3) is 19.0. The van der Waals surface area contributed by atoms with Crippen molar-refractivity contribution in [3.63, 3.8) is 0 Å². The minimum Gasteiger partial charge on any atom is -0.481 e. The van der Waals surface area contributed by atoms with Gasteiger partial charge >= 0.3 is 11.9 Å². The minimum absolute atomic E-state index is 0.217. The second-order valence-electron chi connectivity index (χ2n) is 13.2. The molecule has 0 heterocycles. The Kier molecular flexibility index (Phi) is 19.5. The van der Waals surface area contributed by atoms with E-state index in [1.165, 1.54) is 39.8 Å². The summed E-state index contributed by atoms with van der Waals surface area (Å²) in [5, 5.41) is 17.2. The molecule has 0 spiro atoms. The molecular weight excluding hydrogens is 544 g/mol. The number of aliphatic carboxylic acids is 2. The summed E-state index contributed by atoms with van der Waals surface area (Å²) in [7, 11) is 0. The highest BCUT2D eigenvalue weighted by Crippen LogP contribution is 2.17. The first-order chi connectivity index (χ1) is 20.9. The quantitative estimate of drug-likeness (QED) is 0.170. The van der Waals surface area contributed by atoms with E-state index in [-0.39, 0.29) is 6.42 Å². The van der Waals surface area contributed by atoms with E-state index >= 15 is 0 Å². The van der Waals surface area contributed by atoms with Crippen molar-refractivity contribution >= 4 is 11.9 Å². The van der Waals surface area contributed by atoms with E-state index in [0.29, 0.717) is 24.7 Å². The largest absolute Gasteiger partial charge is 0.481 e. The van der Waals surface area contributed by atoms with Gasteiger partial charge in [0.1, 0.15) is 0 Å². The molecule has 3 aromatic carbocycles. The molecule has 0 aromatic heterocycles. The first kappa shape index (κ1) is 38.6. The molecule has 4 nitrogen and oxygen atoms in total. The molecule has 44 heavy (non-hydrogen) atoms. The molecule has 3 rings (SSSR count). The van der Waals surface area contributed by atoms with Crippen molar-refractivity contribution < 1.29 is 19.8 Å². The van der Waals surface area contributed by atoms with Gasteiger partial charge in [0, 0.05) is 12.8 Å². The SMILES string of the molecule is CC(C)Cc1ccccc1CCC(=O)O.CC(C)Cc1ccccc1CCCCCC(=O)O.Cc1ccc(CC(C)C)cc1. The number of benzene rings is 3. The predicted molar refractivity (Wildman–Crippen MR) is 185 cm³/mol. The highest BCUT2D eigenvalue weighted by Gasteiger charge is 2.06. The summed E-state index contributed by atoms with van der Waals surface area (Å²) in [5.74, 6) is 0.636. The topological polar surface area (TPSA) is 74.6 Å². The molecular formula is C40H58O4. The highest BCUT2D eigenvalue weighted by atomic mass is 16.4. The van der Waals surface area contributed by atoms with Crippen LogP contribution in [0.15, 0.2) is 72.8 Å². The van der Waals surface area contributed by atoms with Crippen molar-refractivity contribution in [1.82, 2.24) is 0 Å². The molecule has 0 saturated heterocycles. The number of aryl methyl sites for hydroxylation is 3. The van der Waals surface area contributed by atoms with Gasteiger partial charge in [0.25, 0.3) is 0 Å². The Morgan fingerprint density at radius 2 is 0.955 bits per heavy atom. The van der Waals surface area contributed by atoms with Crippen molar-refractivity contribution in [2.45, 2.75) is 113 Å². The van der Waals surface area contributed by atoms with Gasteiger partial charge in [-0.2, -0.15) is 0 Å². The first-order valence-electron chi connectivity index (χ1n) is 16.5. The van der Waals surface area contributed by atoms with Gasteiger partial charge in [-0.25, -0.2) is 0 Å². The summed E-state index contributed by atoms with van der Waals surface area (Å²) in [6.07, 6.45) is 8.46. The van der Waals surface area contributed by atoms with Crippen molar-refractivity contribution in [2.75, 3.05) is 0 Å². The zero-order valence-electron chi connectivity index (χ0n) is 28.4. The molecule has 0 amide bonds. The molecule has 0 aliphatic rings. The van der Waals surface area contributed by atoms with E-state index in [1.54, 1.807) is 0 Å². The van der Waals surface area contributed by atoms with Crippen molar-refractivity contribution in [3.05, 3.63) is 106 Å². The lowest BCUT2D eigenvalue weighted by atomic mass is 9.95. The minimum atomic E-state index is -0.727. The number of hydrogen-bond acceptors (Lipinski definition) is 2. The van der Waals surface area contributed by atoms with E-state index in [0.717, 1.165) is 44.4 Å². The number of carboxylic acid groups (broad SMARTS) is 2. The average Bonchev–Trinajstić information content (AvgIpc) is 2.94. The van der Waals surface area contributed by atoms with Crippen molar-refractivity contribution in [3.8, 4) is 0 Å². The van der Waals surface area contributed by atoms with Gasteiger partial charge in [-0.1, -0.05) is 126 Å². The van der Waals surface area contributed by atoms with Crippen molar-refractivity contribution in [2.24, 2.45) is 17.8 Å². The predicted octanol–water partition coefficient (Wildman–Crippen LogP) is 10.2. The Balaban J connectivity index is 0.000000339. The van der Waals surface area contributed by atoms with Gasteiger partial charge in [-0.15, -0.1) is 0 Å². The summed E-state index contributed by atoms with van der Waals surface area (Å²) >= 11 is 0. The van der Waals surface area contributed by atoms with Crippen LogP contribution in [0.2, 0.25) is 0 Å². The normalized spacial score (nSPS) is 10.7. The lowest BCUT2D eigenvalue weighted by molar-refractivity contribution is -0.138. The van der Waals surface area contributed by atoms with Crippen LogP contribution in [0.4, 0.5) is 0 Å². The number of hydrogen-bond donors (Lipinski definition) is 2. The van der Waals surface area contributed by atoms with E-state index in [9.17, 15) is 9.59 Å². The maximum Gasteiger partial charge on any atom is 0.303 e. The lowest BCUT2D eigenvalue weighted by Crippen LogP contribution is -2.02. The van der Waals surface area contributed by atoms with Crippen LogP contribution in [-0.2, 0) is 41.7 Å². The third-order valence-corrected chi connectivity index (χ3v) is 7.20.